The lowest BCUT2D eigenvalue weighted by atomic mass is 9.94. The number of para-hydroxylation sites is 1. The fourth-order valence-corrected chi connectivity index (χ4v) is 5.88. The molecule has 0 radical (unpaired) electrons. The van der Waals surface area contributed by atoms with Gasteiger partial charge in [0, 0.05) is 40.1 Å². The molecule has 4 aromatic carbocycles. The summed E-state index contributed by atoms with van der Waals surface area (Å²) in [5.74, 6) is 2.04. The Morgan fingerprint density at radius 3 is 2.15 bits per heavy atom. The Morgan fingerprint density at radius 1 is 0.775 bits per heavy atom. The molecule has 2 heterocycles. The first kappa shape index (κ1) is 25.6. The number of hydrogen-bond donors (Lipinski definition) is 0. The zero-order valence-electron chi connectivity index (χ0n) is 22.0. The molecule has 9 heteroatoms. The van der Waals surface area contributed by atoms with Gasteiger partial charge in [-0.25, -0.2) is 0 Å². The van der Waals surface area contributed by atoms with Crippen LogP contribution in [0.4, 0.5) is 0 Å². The maximum atomic E-state index is 13.2. The van der Waals surface area contributed by atoms with Crippen LogP contribution in [0.3, 0.4) is 0 Å². The van der Waals surface area contributed by atoms with Crippen molar-refractivity contribution >= 4 is 34.3 Å². The van der Waals surface area contributed by atoms with Crippen LogP contribution in [0.2, 0.25) is 0 Å². The van der Waals surface area contributed by atoms with Crippen molar-refractivity contribution in [3.05, 3.63) is 96.1 Å². The van der Waals surface area contributed by atoms with Gasteiger partial charge in [0.05, 0.1) is 14.2 Å². The van der Waals surface area contributed by atoms with Crippen LogP contribution in [0.1, 0.15) is 27.1 Å². The van der Waals surface area contributed by atoms with Gasteiger partial charge < -0.3 is 9.47 Å². The van der Waals surface area contributed by atoms with Crippen LogP contribution in [0, 0.1) is 0 Å². The van der Waals surface area contributed by atoms with Gasteiger partial charge in [0.1, 0.15) is 0 Å². The first-order chi connectivity index (χ1) is 19.6. The number of rotatable bonds is 9. The average Bonchev–Trinajstić information content (AvgIpc) is 3.43. The summed E-state index contributed by atoms with van der Waals surface area (Å²) < 4.78 is 12.9. The highest BCUT2D eigenvalue weighted by atomic mass is 32.2. The molecule has 0 spiro atoms. The lowest BCUT2D eigenvalue weighted by Gasteiger charge is -2.27. The number of benzene rings is 4. The van der Waals surface area contributed by atoms with Gasteiger partial charge in [-0.1, -0.05) is 54.2 Å². The molecule has 0 fully saturated rings. The Balaban J connectivity index is 1.22. The standard InChI is InChI=1S/C31H26N4O4S/c1-38-25-16-15-21(19-26(25)39-2)28-32-33-31(35(28)22-11-4-3-5-12-22)40-18-8-17-34-29(36)23-13-6-9-20-10-7-14-24(27(20)23)30(34)37/h3-7,9-16,19H,8,17-18H2,1-2H3. The van der Waals surface area contributed by atoms with Crippen molar-refractivity contribution in [1.82, 2.24) is 19.7 Å². The first-order valence-electron chi connectivity index (χ1n) is 12.8. The molecule has 2 amide bonds. The summed E-state index contributed by atoms with van der Waals surface area (Å²) in [6, 6.07) is 26.7. The highest BCUT2D eigenvalue weighted by Gasteiger charge is 2.32. The van der Waals surface area contributed by atoms with Crippen molar-refractivity contribution in [2.45, 2.75) is 11.6 Å². The van der Waals surface area contributed by atoms with Gasteiger partial charge >= 0.3 is 0 Å². The normalized spacial score (nSPS) is 12.7. The largest absolute Gasteiger partial charge is 0.493 e. The molecule has 0 unspecified atom stereocenters. The zero-order chi connectivity index (χ0) is 27.6. The first-order valence-corrected chi connectivity index (χ1v) is 13.8. The minimum Gasteiger partial charge on any atom is -0.493 e. The molecule has 0 saturated carbocycles. The molecule has 6 rings (SSSR count). The van der Waals surface area contributed by atoms with E-state index in [1.165, 1.54) is 16.7 Å². The predicted octanol–water partition coefficient (Wildman–Crippen LogP) is 5.88. The second-order valence-corrected chi connectivity index (χ2v) is 10.3. The lowest BCUT2D eigenvalue weighted by molar-refractivity contribution is 0.0611. The molecule has 8 nitrogen and oxygen atoms in total. The Morgan fingerprint density at radius 2 is 1.48 bits per heavy atom. The van der Waals surface area contributed by atoms with Crippen molar-refractivity contribution in [1.29, 1.82) is 0 Å². The van der Waals surface area contributed by atoms with E-state index in [1.54, 1.807) is 26.4 Å². The van der Waals surface area contributed by atoms with E-state index in [9.17, 15) is 9.59 Å². The second-order valence-electron chi connectivity index (χ2n) is 9.22. The molecule has 0 bridgehead atoms. The van der Waals surface area contributed by atoms with Gasteiger partial charge in [0.25, 0.3) is 11.8 Å². The number of imide groups is 1. The molecule has 40 heavy (non-hydrogen) atoms. The van der Waals surface area contributed by atoms with Crippen LogP contribution < -0.4 is 9.47 Å². The minimum absolute atomic E-state index is 0.248. The van der Waals surface area contributed by atoms with E-state index in [-0.39, 0.29) is 11.8 Å². The monoisotopic (exact) mass is 550 g/mol. The van der Waals surface area contributed by atoms with Gasteiger partial charge in [-0.15, -0.1) is 10.2 Å². The molecule has 0 N–H and O–H groups in total. The van der Waals surface area contributed by atoms with Crippen LogP contribution >= 0.6 is 11.8 Å². The van der Waals surface area contributed by atoms with Crippen LogP contribution in [0.5, 0.6) is 11.5 Å². The summed E-state index contributed by atoms with van der Waals surface area (Å²) in [6.07, 6.45) is 0.605. The minimum atomic E-state index is -0.248. The Hall–Kier alpha value is -4.63. The maximum absolute atomic E-state index is 13.2. The van der Waals surface area contributed by atoms with Crippen molar-refractivity contribution < 1.29 is 19.1 Å². The summed E-state index contributed by atoms with van der Waals surface area (Å²) in [5, 5.41) is 11.4. The fraction of sp³-hybridized carbons (Fsp3) is 0.161. The molecule has 1 aromatic heterocycles. The third-order valence-electron chi connectivity index (χ3n) is 6.90. The number of thioether (sulfide) groups is 1. The van der Waals surface area contributed by atoms with Crippen LogP contribution in [0.25, 0.3) is 27.8 Å². The third kappa shape index (κ3) is 4.48. The summed E-state index contributed by atoms with van der Waals surface area (Å²) >= 11 is 1.53. The molecular weight excluding hydrogens is 524 g/mol. The average molecular weight is 551 g/mol. The molecule has 0 atom stereocenters. The van der Waals surface area contributed by atoms with E-state index in [2.05, 4.69) is 10.2 Å². The van der Waals surface area contributed by atoms with Crippen LogP contribution in [-0.4, -0.2) is 58.0 Å². The lowest BCUT2D eigenvalue weighted by Crippen LogP contribution is -2.41. The quantitative estimate of drug-likeness (QED) is 0.129. The van der Waals surface area contributed by atoms with E-state index < -0.39 is 0 Å². The molecule has 200 valence electrons. The highest BCUT2D eigenvalue weighted by Crippen LogP contribution is 2.35. The Labute approximate surface area is 235 Å². The summed E-state index contributed by atoms with van der Waals surface area (Å²) in [4.78, 5) is 27.8. The molecular formula is C31H26N4O4S. The number of carbonyl (C=O) groups is 2. The predicted molar refractivity (Wildman–Crippen MR) is 155 cm³/mol. The van der Waals surface area contributed by atoms with Crippen LogP contribution in [-0.2, 0) is 0 Å². The third-order valence-corrected chi connectivity index (χ3v) is 7.92. The summed E-state index contributed by atoms with van der Waals surface area (Å²) in [5.41, 5.74) is 2.90. The van der Waals surface area contributed by atoms with Gasteiger partial charge in [-0.3, -0.25) is 19.1 Å². The second kappa shape index (κ2) is 10.9. The van der Waals surface area contributed by atoms with Gasteiger partial charge in [0.2, 0.25) is 0 Å². The number of hydrogen-bond acceptors (Lipinski definition) is 7. The van der Waals surface area contributed by atoms with Crippen molar-refractivity contribution in [2.24, 2.45) is 0 Å². The van der Waals surface area contributed by atoms with Crippen LogP contribution in [0.15, 0.2) is 90.1 Å². The molecule has 0 saturated heterocycles. The molecule has 1 aliphatic heterocycles. The fourth-order valence-electron chi connectivity index (χ4n) is 5.01. The number of carbonyl (C=O) groups excluding carboxylic acids is 2. The van der Waals surface area contributed by atoms with Gasteiger partial charge in [-0.2, -0.15) is 0 Å². The SMILES string of the molecule is COc1ccc(-c2nnc(SCCCN3C(=O)c4cccc5cccc(c45)C3=O)n2-c2ccccc2)cc1OC. The Kier molecular flexibility index (Phi) is 6.96. The summed E-state index contributed by atoms with van der Waals surface area (Å²) in [7, 11) is 3.20. The molecule has 0 aliphatic carbocycles. The zero-order valence-corrected chi connectivity index (χ0v) is 22.9. The van der Waals surface area contributed by atoms with Gasteiger partial charge in [0.15, 0.2) is 22.5 Å². The van der Waals surface area contributed by atoms with E-state index >= 15 is 0 Å². The maximum Gasteiger partial charge on any atom is 0.261 e. The van der Waals surface area contributed by atoms with Crippen molar-refractivity contribution in [2.75, 3.05) is 26.5 Å². The smallest absolute Gasteiger partial charge is 0.261 e. The number of nitrogens with zero attached hydrogens (tertiary/aromatic N) is 4. The van der Waals surface area contributed by atoms with E-state index in [4.69, 9.17) is 9.47 Å². The highest BCUT2D eigenvalue weighted by molar-refractivity contribution is 7.99. The topological polar surface area (TPSA) is 86.6 Å². The van der Waals surface area contributed by atoms with E-state index in [0.717, 1.165) is 22.0 Å². The van der Waals surface area contributed by atoms with Gasteiger partial charge in [-0.05, 0) is 54.3 Å². The number of methoxy groups -OCH3 is 2. The summed E-state index contributed by atoms with van der Waals surface area (Å²) in [6.45, 7) is 0.317. The van der Waals surface area contributed by atoms with Crippen molar-refractivity contribution in [3.8, 4) is 28.6 Å². The number of amides is 2. The van der Waals surface area contributed by atoms with Crippen molar-refractivity contribution in [3.63, 3.8) is 0 Å². The van der Waals surface area contributed by atoms with E-state index in [0.29, 0.717) is 52.3 Å². The molecule has 5 aromatic rings. The number of ether oxygens (including phenoxy) is 2. The molecule has 1 aliphatic rings. The Bertz CT molecular complexity index is 1680. The van der Waals surface area contributed by atoms with E-state index in [1.807, 2.05) is 77.4 Å². The number of aromatic nitrogens is 3.